The molecule has 0 unspecified atom stereocenters. The van der Waals surface area contributed by atoms with Crippen molar-refractivity contribution in [1.29, 1.82) is 0 Å². The molecule has 1 aliphatic rings. The van der Waals surface area contributed by atoms with Crippen LogP contribution in [0.1, 0.15) is 29.2 Å². The fraction of sp³-hybridized carbons (Fsp3) is 0.0769. The number of amides is 1. The first-order valence-electron chi connectivity index (χ1n) is 9.51. The van der Waals surface area contributed by atoms with Gasteiger partial charge in [0.1, 0.15) is 0 Å². The molecule has 0 heterocycles. The number of Topliss-reactive ketones (excluding diaryl/α,β-unsaturated/α-hetero) is 1. The maximum absolute atomic E-state index is 12.6. The predicted octanol–water partition coefficient (Wildman–Crippen LogP) is 5.04. The third-order valence-electron chi connectivity index (χ3n) is 5.39. The summed E-state index contributed by atoms with van der Waals surface area (Å²) in [4.78, 5) is 24.3. The second-order valence-electron chi connectivity index (χ2n) is 7.20. The normalized spacial score (nSPS) is 14.2. The molecule has 4 rings (SSSR count). The Morgan fingerprint density at radius 1 is 0.793 bits per heavy atom. The number of rotatable bonds is 4. The van der Waals surface area contributed by atoms with Crippen LogP contribution in [0.5, 0.6) is 0 Å². The van der Waals surface area contributed by atoms with E-state index in [1.54, 1.807) is 0 Å². The first kappa shape index (κ1) is 18.6. The van der Waals surface area contributed by atoms with Gasteiger partial charge in [-0.25, -0.2) is 0 Å². The number of hydrogen-bond donors (Lipinski definition) is 1. The van der Waals surface area contributed by atoms with Crippen LogP contribution in [0.25, 0.3) is 28.3 Å². The van der Waals surface area contributed by atoms with Crippen molar-refractivity contribution in [3.05, 3.63) is 101 Å². The fourth-order valence-corrected chi connectivity index (χ4v) is 4.00. The van der Waals surface area contributed by atoms with Crippen LogP contribution in [0.2, 0.25) is 0 Å². The average molecular weight is 379 g/mol. The number of ketones is 1. The predicted molar refractivity (Wildman–Crippen MR) is 118 cm³/mol. The highest BCUT2D eigenvalue weighted by Crippen LogP contribution is 2.44. The van der Waals surface area contributed by atoms with Crippen LogP contribution >= 0.6 is 0 Å². The topological polar surface area (TPSA) is 60.2 Å². The van der Waals surface area contributed by atoms with Crippen molar-refractivity contribution in [2.24, 2.45) is 5.73 Å². The minimum absolute atomic E-state index is 0.411. The number of nitrogens with two attached hydrogens (primary N) is 1. The van der Waals surface area contributed by atoms with Crippen molar-refractivity contribution in [2.45, 2.75) is 13.8 Å². The van der Waals surface area contributed by atoms with E-state index in [0.717, 1.165) is 44.5 Å². The molecule has 3 heteroatoms. The van der Waals surface area contributed by atoms with Gasteiger partial charge < -0.3 is 5.73 Å². The van der Waals surface area contributed by atoms with Crippen molar-refractivity contribution in [2.75, 3.05) is 0 Å². The van der Waals surface area contributed by atoms with Gasteiger partial charge in [0.05, 0.1) is 0 Å². The third-order valence-corrected chi connectivity index (χ3v) is 5.39. The van der Waals surface area contributed by atoms with Crippen molar-refractivity contribution >= 4 is 28.9 Å². The van der Waals surface area contributed by atoms with E-state index in [4.69, 9.17) is 5.73 Å². The summed E-state index contributed by atoms with van der Waals surface area (Å²) in [6.07, 6.45) is 2.09. The Morgan fingerprint density at radius 2 is 1.45 bits per heavy atom. The summed E-state index contributed by atoms with van der Waals surface area (Å²) in [7, 11) is 0. The number of hydrogen-bond acceptors (Lipinski definition) is 2. The monoisotopic (exact) mass is 379 g/mol. The van der Waals surface area contributed by atoms with Crippen LogP contribution < -0.4 is 5.73 Å². The summed E-state index contributed by atoms with van der Waals surface area (Å²) in [5, 5.41) is 0. The number of carbonyl (C=O) groups excluding carboxylic acids is 2. The van der Waals surface area contributed by atoms with Gasteiger partial charge in [-0.05, 0) is 64.5 Å². The Balaban J connectivity index is 1.96. The lowest BCUT2D eigenvalue weighted by Crippen LogP contribution is -2.24. The SMILES string of the molecule is CC1=C(C(=O)C(N)=O)c2c(C)cccc2/C1=C\c1ccccc1-c1ccccc1. The molecule has 0 bridgehead atoms. The maximum Gasteiger partial charge on any atom is 0.289 e. The second-order valence-corrected chi connectivity index (χ2v) is 7.20. The van der Waals surface area contributed by atoms with Gasteiger partial charge in [0.25, 0.3) is 11.7 Å². The molecule has 0 saturated carbocycles. The van der Waals surface area contributed by atoms with Crippen LogP contribution in [0.4, 0.5) is 0 Å². The zero-order chi connectivity index (χ0) is 20.5. The van der Waals surface area contributed by atoms with Crippen LogP contribution in [0, 0.1) is 6.92 Å². The molecule has 3 aromatic carbocycles. The standard InChI is InChI=1S/C26H21NO2/c1-16-9-8-14-21-22(17(2)24(23(16)21)25(28)26(27)29)15-19-12-6-7-13-20(19)18-10-4-3-5-11-18/h3-15H,1-2H3,(H2,27,29)/b22-15-. The van der Waals surface area contributed by atoms with Gasteiger partial charge in [-0.15, -0.1) is 0 Å². The smallest absolute Gasteiger partial charge is 0.289 e. The molecule has 0 radical (unpaired) electrons. The van der Waals surface area contributed by atoms with Crippen molar-refractivity contribution in [1.82, 2.24) is 0 Å². The molecule has 0 saturated heterocycles. The molecule has 3 nitrogen and oxygen atoms in total. The minimum atomic E-state index is -0.931. The highest BCUT2D eigenvalue weighted by molar-refractivity contribution is 6.55. The number of allylic oxidation sites excluding steroid dienone is 2. The molecule has 1 aliphatic carbocycles. The number of primary amides is 1. The Kier molecular flexibility index (Phi) is 4.73. The Bertz CT molecular complexity index is 1200. The summed E-state index contributed by atoms with van der Waals surface area (Å²) in [5.41, 5.74) is 13.5. The summed E-state index contributed by atoms with van der Waals surface area (Å²) in [5.74, 6) is -1.57. The largest absolute Gasteiger partial charge is 0.363 e. The Morgan fingerprint density at radius 3 is 2.17 bits per heavy atom. The van der Waals surface area contributed by atoms with Crippen molar-refractivity contribution in [3.8, 4) is 11.1 Å². The molecule has 0 aromatic heterocycles. The molecule has 0 atom stereocenters. The van der Waals surface area contributed by atoms with Crippen molar-refractivity contribution in [3.63, 3.8) is 0 Å². The number of fused-ring (bicyclic) bond motifs is 1. The summed E-state index contributed by atoms with van der Waals surface area (Å²) in [6.45, 7) is 3.83. The van der Waals surface area contributed by atoms with Gasteiger partial charge in [0.2, 0.25) is 0 Å². The van der Waals surface area contributed by atoms with E-state index in [9.17, 15) is 9.59 Å². The lowest BCUT2D eigenvalue weighted by molar-refractivity contribution is -0.132. The summed E-state index contributed by atoms with van der Waals surface area (Å²) < 4.78 is 0. The van der Waals surface area contributed by atoms with Crippen LogP contribution in [-0.2, 0) is 9.59 Å². The molecular formula is C26H21NO2. The maximum atomic E-state index is 12.6. The summed E-state index contributed by atoms with van der Waals surface area (Å²) >= 11 is 0. The highest BCUT2D eigenvalue weighted by Gasteiger charge is 2.31. The lowest BCUT2D eigenvalue weighted by atomic mass is 9.94. The molecule has 3 aromatic rings. The van der Waals surface area contributed by atoms with E-state index in [2.05, 4.69) is 30.3 Å². The Labute approximate surface area is 170 Å². The molecule has 0 spiro atoms. The minimum Gasteiger partial charge on any atom is -0.363 e. The molecule has 29 heavy (non-hydrogen) atoms. The van der Waals surface area contributed by atoms with E-state index in [0.29, 0.717) is 5.57 Å². The number of carbonyl (C=O) groups is 2. The first-order chi connectivity index (χ1) is 14.0. The van der Waals surface area contributed by atoms with Crippen LogP contribution in [0.3, 0.4) is 0 Å². The third kappa shape index (κ3) is 3.21. The van der Waals surface area contributed by atoms with E-state index < -0.39 is 11.7 Å². The van der Waals surface area contributed by atoms with E-state index in [-0.39, 0.29) is 0 Å². The van der Waals surface area contributed by atoms with Gasteiger partial charge in [-0.3, -0.25) is 9.59 Å². The molecule has 1 amide bonds. The zero-order valence-corrected chi connectivity index (χ0v) is 16.4. The van der Waals surface area contributed by atoms with E-state index >= 15 is 0 Å². The molecule has 142 valence electrons. The molecule has 2 N–H and O–H groups in total. The van der Waals surface area contributed by atoms with Gasteiger partial charge >= 0.3 is 0 Å². The number of benzene rings is 3. The first-order valence-corrected chi connectivity index (χ1v) is 9.51. The zero-order valence-electron chi connectivity index (χ0n) is 16.4. The lowest BCUT2D eigenvalue weighted by Gasteiger charge is -2.10. The van der Waals surface area contributed by atoms with Gasteiger partial charge in [0.15, 0.2) is 0 Å². The quantitative estimate of drug-likeness (QED) is 0.645. The molecule has 0 fully saturated rings. The molecular weight excluding hydrogens is 358 g/mol. The van der Waals surface area contributed by atoms with Gasteiger partial charge in [-0.2, -0.15) is 0 Å². The van der Waals surface area contributed by atoms with Crippen molar-refractivity contribution < 1.29 is 9.59 Å². The van der Waals surface area contributed by atoms with Gasteiger partial charge in [0, 0.05) is 5.57 Å². The second kappa shape index (κ2) is 7.36. The highest BCUT2D eigenvalue weighted by atomic mass is 16.2. The Hall–Kier alpha value is -3.72. The van der Waals surface area contributed by atoms with Crippen LogP contribution in [0.15, 0.2) is 78.4 Å². The van der Waals surface area contributed by atoms with Gasteiger partial charge in [-0.1, -0.05) is 72.8 Å². The summed E-state index contributed by atoms with van der Waals surface area (Å²) in [6, 6.07) is 24.3. The molecule has 0 aliphatic heterocycles. The number of aryl methyl sites for hydroxylation is 1. The van der Waals surface area contributed by atoms with E-state index in [1.165, 1.54) is 0 Å². The average Bonchev–Trinajstić information content (AvgIpc) is 3.01. The fourth-order valence-electron chi connectivity index (χ4n) is 4.00. The van der Waals surface area contributed by atoms with Crippen LogP contribution in [-0.4, -0.2) is 11.7 Å². The van der Waals surface area contributed by atoms with E-state index in [1.807, 2.05) is 62.4 Å².